The van der Waals surface area contributed by atoms with Gasteiger partial charge >= 0.3 is 0 Å². The van der Waals surface area contributed by atoms with Gasteiger partial charge in [0.1, 0.15) is 7.85 Å². The zero-order valence-corrected chi connectivity index (χ0v) is 10.3. The Bertz CT molecular complexity index is 427. The van der Waals surface area contributed by atoms with Crippen LogP contribution in [0.2, 0.25) is 0 Å². The molecule has 0 aliphatic heterocycles. The van der Waals surface area contributed by atoms with E-state index in [1.165, 1.54) is 11.1 Å². The molecule has 2 aromatic carbocycles. The highest BCUT2D eigenvalue weighted by molar-refractivity contribution is 6.12. The average molecular weight is 223 g/mol. The van der Waals surface area contributed by atoms with Gasteiger partial charge in [-0.2, -0.15) is 0 Å². The summed E-state index contributed by atoms with van der Waals surface area (Å²) < 4.78 is 0. The van der Waals surface area contributed by atoms with Crippen LogP contribution >= 0.6 is 0 Å². The molecule has 86 valence electrons. The number of nitrogens with one attached hydrogen (secondary N) is 1. The fourth-order valence-electron chi connectivity index (χ4n) is 1.93. The maximum Gasteiger partial charge on any atom is 0.112 e. The van der Waals surface area contributed by atoms with Gasteiger partial charge in [-0.25, -0.2) is 0 Å². The second kappa shape index (κ2) is 6.26. The summed E-state index contributed by atoms with van der Waals surface area (Å²) in [4.78, 5) is 0. The predicted octanol–water partition coefficient (Wildman–Crippen LogP) is 2.15. The van der Waals surface area contributed by atoms with Crippen molar-refractivity contribution in [2.24, 2.45) is 0 Å². The van der Waals surface area contributed by atoms with Crippen LogP contribution in [0.25, 0.3) is 0 Å². The molecule has 0 aliphatic rings. The number of hydrogen-bond donors (Lipinski definition) is 1. The molecule has 0 heterocycles. The van der Waals surface area contributed by atoms with Gasteiger partial charge in [0.25, 0.3) is 0 Å². The van der Waals surface area contributed by atoms with Crippen LogP contribution in [0, 0.1) is 0 Å². The topological polar surface area (TPSA) is 12.0 Å². The molecule has 1 atom stereocenters. The molecule has 17 heavy (non-hydrogen) atoms. The lowest BCUT2D eigenvalue weighted by molar-refractivity contribution is 0.674. The maximum absolute atomic E-state index is 3.50. The van der Waals surface area contributed by atoms with Crippen molar-refractivity contribution in [1.82, 2.24) is 5.32 Å². The highest BCUT2D eigenvalue weighted by atomic mass is 14.8. The summed E-state index contributed by atoms with van der Waals surface area (Å²) >= 11 is 0. The Balaban J connectivity index is 1.79. The van der Waals surface area contributed by atoms with Crippen LogP contribution in [-0.2, 0) is 6.54 Å². The van der Waals surface area contributed by atoms with E-state index in [2.05, 4.69) is 73.8 Å². The molecule has 2 heteroatoms. The summed E-state index contributed by atoms with van der Waals surface area (Å²) in [7, 11) is 2.26. The number of rotatable bonds is 5. The predicted molar refractivity (Wildman–Crippen MR) is 75.9 cm³/mol. The SMILES string of the molecule is B[C@H](CNCc1ccccc1)c1ccccc1. The van der Waals surface area contributed by atoms with Crippen molar-refractivity contribution < 1.29 is 0 Å². The van der Waals surface area contributed by atoms with Crippen molar-refractivity contribution in [3.63, 3.8) is 0 Å². The van der Waals surface area contributed by atoms with Crippen LogP contribution in [0.4, 0.5) is 0 Å². The molecule has 0 unspecified atom stereocenters. The van der Waals surface area contributed by atoms with E-state index in [-0.39, 0.29) is 0 Å². The van der Waals surface area contributed by atoms with E-state index in [4.69, 9.17) is 0 Å². The van der Waals surface area contributed by atoms with Gasteiger partial charge in [-0.1, -0.05) is 66.2 Å². The lowest BCUT2D eigenvalue weighted by Crippen LogP contribution is -2.21. The van der Waals surface area contributed by atoms with E-state index in [0.29, 0.717) is 5.82 Å². The van der Waals surface area contributed by atoms with Gasteiger partial charge in [0.15, 0.2) is 0 Å². The smallest absolute Gasteiger partial charge is 0.112 e. The van der Waals surface area contributed by atoms with Crippen molar-refractivity contribution in [2.75, 3.05) is 6.54 Å². The molecule has 0 spiro atoms. The first-order valence-electron chi connectivity index (χ1n) is 6.16. The van der Waals surface area contributed by atoms with Gasteiger partial charge in [-0.15, -0.1) is 0 Å². The van der Waals surface area contributed by atoms with E-state index in [9.17, 15) is 0 Å². The molecule has 1 N–H and O–H groups in total. The lowest BCUT2D eigenvalue weighted by atomic mass is 9.81. The summed E-state index contributed by atoms with van der Waals surface area (Å²) in [6.45, 7) is 1.96. The molecule has 0 saturated carbocycles. The minimum absolute atomic E-state index is 0.555. The van der Waals surface area contributed by atoms with Crippen molar-refractivity contribution in [3.8, 4) is 0 Å². The number of hydrogen-bond acceptors (Lipinski definition) is 1. The summed E-state index contributed by atoms with van der Waals surface area (Å²) in [6.07, 6.45) is 0. The number of benzene rings is 2. The molecule has 0 aromatic heterocycles. The van der Waals surface area contributed by atoms with Crippen molar-refractivity contribution in [2.45, 2.75) is 12.4 Å². The normalized spacial score (nSPS) is 12.2. The minimum atomic E-state index is 0.555. The minimum Gasteiger partial charge on any atom is -0.313 e. The highest BCUT2D eigenvalue weighted by Crippen LogP contribution is 2.10. The second-order valence-corrected chi connectivity index (χ2v) is 4.43. The fourth-order valence-corrected chi connectivity index (χ4v) is 1.93. The van der Waals surface area contributed by atoms with Crippen molar-refractivity contribution in [3.05, 3.63) is 71.8 Å². The second-order valence-electron chi connectivity index (χ2n) is 4.43. The van der Waals surface area contributed by atoms with Gasteiger partial charge in [0.2, 0.25) is 0 Å². The standard InChI is InChI=1S/C15H18BN/c16-15(14-9-5-2-6-10-14)12-17-11-13-7-3-1-4-8-13/h1-10,15,17H,11-12,16H2/t15-/m1/s1. The quantitative estimate of drug-likeness (QED) is 0.766. The third-order valence-corrected chi connectivity index (χ3v) is 2.99. The molecule has 2 rings (SSSR count). The third kappa shape index (κ3) is 3.75. The highest BCUT2D eigenvalue weighted by Gasteiger charge is 2.03. The van der Waals surface area contributed by atoms with E-state index in [1.54, 1.807) is 0 Å². The molecular weight excluding hydrogens is 205 g/mol. The molecule has 0 radical (unpaired) electrons. The maximum atomic E-state index is 3.50. The Morgan fingerprint density at radius 3 is 2.12 bits per heavy atom. The van der Waals surface area contributed by atoms with Crippen molar-refractivity contribution in [1.29, 1.82) is 0 Å². The van der Waals surface area contributed by atoms with E-state index in [0.717, 1.165) is 13.1 Å². The average Bonchev–Trinajstić information content (AvgIpc) is 2.41. The summed E-state index contributed by atoms with van der Waals surface area (Å²) in [5.41, 5.74) is 2.74. The molecule has 0 aliphatic carbocycles. The molecule has 0 fully saturated rings. The Labute approximate surface area is 104 Å². The molecule has 0 bridgehead atoms. The van der Waals surface area contributed by atoms with Crippen LogP contribution in [0.15, 0.2) is 60.7 Å². The van der Waals surface area contributed by atoms with E-state index in [1.807, 2.05) is 0 Å². The van der Waals surface area contributed by atoms with Gasteiger partial charge < -0.3 is 5.32 Å². The van der Waals surface area contributed by atoms with Gasteiger partial charge in [-0.05, 0) is 17.9 Å². The molecule has 2 aromatic rings. The Morgan fingerprint density at radius 2 is 1.47 bits per heavy atom. The Morgan fingerprint density at radius 1 is 0.882 bits per heavy atom. The molecule has 0 saturated heterocycles. The Hall–Kier alpha value is -1.54. The lowest BCUT2D eigenvalue weighted by Gasteiger charge is -2.13. The zero-order chi connectivity index (χ0) is 11.9. The van der Waals surface area contributed by atoms with Crippen LogP contribution < -0.4 is 5.32 Å². The summed E-state index contributed by atoms with van der Waals surface area (Å²) in [6, 6.07) is 21.2. The first-order chi connectivity index (χ1) is 8.36. The van der Waals surface area contributed by atoms with Gasteiger partial charge in [0, 0.05) is 6.54 Å². The first kappa shape index (κ1) is 11.9. The molecular formula is C15H18BN. The third-order valence-electron chi connectivity index (χ3n) is 2.99. The Kier molecular flexibility index (Phi) is 4.40. The van der Waals surface area contributed by atoms with Crippen molar-refractivity contribution >= 4 is 7.85 Å². The first-order valence-corrected chi connectivity index (χ1v) is 6.16. The van der Waals surface area contributed by atoms with Gasteiger partial charge in [0.05, 0.1) is 0 Å². The largest absolute Gasteiger partial charge is 0.313 e. The summed E-state index contributed by atoms with van der Waals surface area (Å²) in [5, 5.41) is 3.50. The van der Waals surface area contributed by atoms with Crippen LogP contribution in [0.5, 0.6) is 0 Å². The van der Waals surface area contributed by atoms with E-state index < -0.39 is 0 Å². The molecule has 0 amide bonds. The monoisotopic (exact) mass is 223 g/mol. The van der Waals surface area contributed by atoms with Crippen LogP contribution in [0.3, 0.4) is 0 Å². The van der Waals surface area contributed by atoms with Gasteiger partial charge in [-0.3, -0.25) is 0 Å². The zero-order valence-electron chi connectivity index (χ0n) is 10.3. The van der Waals surface area contributed by atoms with Crippen LogP contribution in [-0.4, -0.2) is 14.4 Å². The molecule has 1 nitrogen and oxygen atoms in total. The van der Waals surface area contributed by atoms with E-state index >= 15 is 0 Å². The van der Waals surface area contributed by atoms with Crippen LogP contribution in [0.1, 0.15) is 16.9 Å². The fraction of sp³-hybridized carbons (Fsp3) is 0.200. The summed E-state index contributed by atoms with van der Waals surface area (Å²) in [5.74, 6) is 0.555.